The molecular formula is C20H17FN2O3. The molecule has 3 N–H and O–H groups in total. The van der Waals surface area contributed by atoms with E-state index in [9.17, 15) is 19.1 Å². The summed E-state index contributed by atoms with van der Waals surface area (Å²) in [7, 11) is 0. The van der Waals surface area contributed by atoms with Crippen molar-refractivity contribution in [3.05, 3.63) is 77.7 Å². The van der Waals surface area contributed by atoms with Crippen molar-refractivity contribution in [2.75, 3.05) is 0 Å². The Kier molecular flexibility index (Phi) is 5.12. The average molecular weight is 352 g/mol. The van der Waals surface area contributed by atoms with Crippen LogP contribution in [0.2, 0.25) is 0 Å². The standard InChI is InChI=1S/C20H17FN2O3/c21-15-8-5-13(6-9-15)7-10-19(24)23-18(20(25)26)11-14-12-22-17-4-2-1-3-16(14)17/h1-10,12,18,22H,11H2,(H,23,24)(H,25,26)/t18-/m0/s1. The van der Waals surface area contributed by atoms with Crippen molar-refractivity contribution in [1.82, 2.24) is 10.3 Å². The first-order chi connectivity index (χ1) is 12.5. The number of carbonyl (C=O) groups excluding carboxylic acids is 1. The predicted octanol–water partition coefficient (Wildman–Crippen LogP) is 3.13. The highest BCUT2D eigenvalue weighted by atomic mass is 19.1. The molecule has 5 nitrogen and oxygen atoms in total. The van der Waals surface area contributed by atoms with Crippen molar-refractivity contribution in [3.63, 3.8) is 0 Å². The van der Waals surface area contributed by atoms with E-state index in [1.807, 2.05) is 24.3 Å². The number of carboxylic acid groups (broad SMARTS) is 1. The number of fused-ring (bicyclic) bond motifs is 1. The van der Waals surface area contributed by atoms with E-state index in [4.69, 9.17) is 0 Å². The molecule has 0 bridgehead atoms. The molecule has 0 unspecified atom stereocenters. The van der Waals surface area contributed by atoms with Crippen LogP contribution in [0.3, 0.4) is 0 Å². The van der Waals surface area contributed by atoms with Crippen LogP contribution in [-0.4, -0.2) is 28.0 Å². The lowest BCUT2D eigenvalue weighted by atomic mass is 10.0. The second kappa shape index (κ2) is 7.65. The van der Waals surface area contributed by atoms with E-state index in [2.05, 4.69) is 10.3 Å². The first-order valence-corrected chi connectivity index (χ1v) is 8.05. The fourth-order valence-electron chi connectivity index (χ4n) is 2.69. The summed E-state index contributed by atoms with van der Waals surface area (Å²) < 4.78 is 12.9. The number of hydrogen-bond donors (Lipinski definition) is 3. The Balaban J connectivity index is 1.69. The third kappa shape index (κ3) is 4.16. The van der Waals surface area contributed by atoms with Gasteiger partial charge < -0.3 is 15.4 Å². The average Bonchev–Trinajstić information content (AvgIpc) is 3.04. The van der Waals surface area contributed by atoms with Crippen molar-refractivity contribution in [1.29, 1.82) is 0 Å². The molecule has 3 aromatic rings. The first kappa shape index (κ1) is 17.4. The van der Waals surface area contributed by atoms with Gasteiger partial charge >= 0.3 is 5.97 Å². The maximum atomic E-state index is 12.9. The van der Waals surface area contributed by atoms with E-state index in [0.29, 0.717) is 5.56 Å². The fourth-order valence-corrected chi connectivity index (χ4v) is 2.69. The largest absolute Gasteiger partial charge is 0.480 e. The summed E-state index contributed by atoms with van der Waals surface area (Å²) in [5.41, 5.74) is 2.37. The van der Waals surface area contributed by atoms with E-state index in [1.165, 1.54) is 36.4 Å². The molecule has 0 radical (unpaired) electrons. The van der Waals surface area contributed by atoms with Crippen LogP contribution in [0.25, 0.3) is 17.0 Å². The lowest BCUT2D eigenvalue weighted by molar-refractivity contribution is -0.141. The molecule has 0 saturated carbocycles. The summed E-state index contributed by atoms with van der Waals surface area (Å²) in [5, 5.41) is 12.8. The first-order valence-electron chi connectivity index (χ1n) is 8.05. The number of H-pyrrole nitrogens is 1. The Labute approximate surface area is 149 Å². The number of carbonyl (C=O) groups is 2. The Morgan fingerprint density at radius 1 is 1.15 bits per heavy atom. The molecular weight excluding hydrogens is 335 g/mol. The Hall–Kier alpha value is -3.41. The third-order valence-corrected chi connectivity index (χ3v) is 4.01. The maximum absolute atomic E-state index is 12.9. The minimum atomic E-state index is -1.11. The second-order valence-corrected chi connectivity index (χ2v) is 5.85. The van der Waals surface area contributed by atoms with E-state index in [0.717, 1.165) is 16.5 Å². The molecule has 2 aromatic carbocycles. The van der Waals surface area contributed by atoms with Crippen LogP contribution in [0.15, 0.2) is 60.8 Å². The Morgan fingerprint density at radius 3 is 2.62 bits per heavy atom. The van der Waals surface area contributed by atoms with Gasteiger partial charge in [0, 0.05) is 29.6 Å². The van der Waals surface area contributed by atoms with E-state index >= 15 is 0 Å². The van der Waals surface area contributed by atoms with Crippen LogP contribution in [0.5, 0.6) is 0 Å². The van der Waals surface area contributed by atoms with Crippen LogP contribution >= 0.6 is 0 Å². The van der Waals surface area contributed by atoms with Crippen molar-refractivity contribution in [2.45, 2.75) is 12.5 Å². The molecule has 1 aromatic heterocycles. The van der Waals surface area contributed by atoms with Gasteiger partial charge in [-0.15, -0.1) is 0 Å². The fraction of sp³-hybridized carbons (Fsp3) is 0.100. The van der Waals surface area contributed by atoms with Gasteiger partial charge in [0.05, 0.1) is 0 Å². The van der Waals surface area contributed by atoms with Gasteiger partial charge in [0.15, 0.2) is 0 Å². The minimum Gasteiger partial charge on any atom is -0.480 e. The summed E-state index contributed by atoms with van der Waals surface area (Å²) in [5.74, 6) is -2.00. The smallest absolute Gasteiger partial charge is 0.326 e. The van der Waals surface area contributed by atoms with Gasteiger partial charge in [0.2, 0.25) is 5.91 Å². The zero-order valence-corrected chi connectivity index (χ0v) is 13.8. The Bertz CT molecular complexity index is 961. The number of para-hydroxylation sites is 1. The van der Waals surface area contributed by atoms with Gasteiger partial charge in [0.1, 0.15) is 11.9 Å². The SMILES string of the molecule is O=C(C=Cc1ccc(F)cc1)N[C@@H](Cc1c[nH]c2ccccc12)C(=O)O. The maximum Gasteiger partial charge on any atom is 0.326 e. The summed E-state index contributed by atoms with van der Waals surface area (Å²) in [6.07, 6.45) is 4.65. The molecule has 0 aliphatic carbocycles. The topological polar surface area (TPSA) is 82.2 Å². The van der Waals surface area contributed by atoms with E-state index < -0.39 is 17.9 Å². The highest BCUT2D eigenvalue weighted by molar-refractivity contribution is 5.94. The molecule has 0 saturated heterocycles. The van der Waals surface area contributed by atoms with Crippen LogP contribution in [-0.2, 0) is 16.0 Å². The highest BCUT2D eigenvalue weighted by Gasteiger charge is 2.21. The number of amides is 1. The van der Waals surface area contributed by atoms with Crippen LogP contribution < -0.4 is 5.32 Å². The Morgan fingerprint density at radius 2 is 1.88 bits per heavy atom. The molecule has 1 heterocycles. The molecule has 132 valence electrons. The number of benzene rings is 2. The van der Waals surface area contributed by atoms with Crippen molar-refractivity contribution in [2.24, 2.45) is 0 Å². The second-order valence-electron chi connectivity index (χ2n) is 5.85. The molecule has 1 amide bonds. The number of halogens is 1. The van der Waals surface area contributed by atoms with Gasteiger partial charge in [-0.05, 0) is 35.4 Å². The van der Waals surface area contributed by atoms with Crippen LogP contribution in [0, 0.1) is 5.82 Å². The van der Waals surface area contributed by atoms with E-state index in [1.54, 1.807) is 6.20 Å². The number of aromatic amines is 1. The van der Waals surface area contributed by atoms with Gasteiger partial charge in [-0.1, -0.05) is 30.3 Å². The molecule has 6 heteroatoms. The number of aliphatic carboxylic acids is 1. The lowest BCUT2D eigenvalue weighted by Crippen LogP contribution is -2.41. The third-order valence-electron chi connectivity index (χ3n) is 4.01. The lowest BCUT2D eigenvalue weighted by Gasteiger charge is -2.12. The van der Waals surface area contributed by atoms with Gasteiger partial charge in [-0.25, -0.2) is 9.18 Å². The molecule has 26 heavy (non-hydrogen) atoms. The zero-order valence-electron chi connectivity index (χ0n) is 13.8. The van der Waals surface area contributed by atoms with Crippen LogP contribution in [0.4, 0.5) is 4.39 Å². The van der Waals surface area contributed by atoms with Gasteiger partial charge in [-0.2, -0.15) is 0 Å². The van der Waals surface area contributed by atoms with Crippen LogP contribution in [0.1, 0.15) is 11.1 Å². The molecule has 0 fully saturated rings. The number of nitrogens with one attached hydrogen (secondary N) is 2. The molecule has 0 spiro atoms. The summed E-state index contributed by atoms with van der Waals surface area (Å²) in [6, 6.07) is 12.1. The quantitative estimate of drug-likeness (QED) is 0.596. The summed E-state index contributed by atoms with van der Waals surface area (Å²) in [4.78, 5) is 26.7. The van der Waals surface area contributed by atoms with Crippen molar-refractivity contribution in [3.8, 4) is 0 Å². The molecule has 1 atom stereocenters. The number of aromatic nitrogens is 1. The molecule has 3 rings (SSSR count). The normalized spacial score (nSPS) is 12.3. The van der Waals surface area contributed by atoms with E-state index in [-0.39, 0.29) is 12.2 Å². The van der Waals surface area contributed by atoms with Gasteiger partial charge in [-0.3, -0.25) is 4.79 Å². The predicted molar refractivity (Wildman–Crippen MR) is 97.0 cm³/mol. The highest BCUT2D eigenvalue weighted by Crippen LogP contribution is 2.19. The molecule has 0 aliphatic heterocycles. The van der Waals surface area contributed by atoms with Gasteiger partial charge in [0.25, 0.3) is 0 Å². The summed E-state index contributed by atoms with van der Waals surface area (Å²) >= 11 is 0. The number of hydrogen-bond acceptors (Lipinski definition) is 2. The minimum absolute atomic E-state index is 0.162. The number of rotatable bonds is 6. The molecule has 0 aliphatic rings. The summed E-state index contributed by atoms with van der Waals surface area (Å²) in [6.45, 7) is 0. The van der Waals surface area contributed by atoms with Crippen molar-refractivity contribution >= 4 is 28.9 Å². The van der Waals surface area contributed by atoms with Crippen molar-refractivity contribution < 1.29 is 19.1 Å². The zero-order chi connectivity index (χ0) is 18.5. The monoisotopic (exact) mass is 352 g/mol. The number of carboxylic acids is 1.